The van der Waals surface area contributed by atoms with E-state index >= 15 is 0 Å². The molecule has 0 amide bonds. The summed E-state index contributed by atoms with van der Waals surface area (Å²) in [4.78, 5) is 10.5. The van der Waals surface area contributed by atoms with E-state index in [0.717, 1.165) is 51.3 Å². The molecule has 4 rings (SSSR count). The molecule has 0 atom stereocenters. The fourth-order valence-electron chi connectivity index (χ4n) is 3.62. The van der Waals surface area contributed by atoms with Gasteiger partial charge in [-0.15, -0.1) is 11.3 Å². The summed E-state index contributed by atoms with van der Waals surface area (Å²) in [7, 11) is 0. The largest absolute Gasteiger partial charge is 0.416 e. The summed E-state index contributed by atoms with van der Waals surface area (Å²) >= 11 is 1.78. The highest BCUT2D eigenvalue weighted by Gasteiger charge is 2.30. The van der Waals surface area contributed by atoms with Crippen LogP contribution in [-0.2, 0) is 25.7 Å². The Morgan fingerprint density at radius 2 is 1.80 bits per heavy atom. The molecule has 1 aliphatic heterocycles. The van der Waals surface area contributed by atoms with Crippen LogP contribution in [0, 0.1) is 0 Å². The van der Waals surface area contributed by atoms with E-state index in [1.165, 1.54) is 10.9 Å². The van der Waals surface area contributed by atoms with E-state index in [2.05, 4.69) is 37.5 Å². The molecular weight excluding hydrogens is 413 g/mol. The molecule has 0 radical (unpaired) electrons. The molecule has 5 nitrogen and oxygen atoms in total. The predicted molar refractivity (Wildman–Crippen MR) is 108 cm³/mol. The number of benzene rings is 1. The van der Waals surface area contributed by atoms with Gasteiger partial charge in [0.2, 0.25) is 5.89 Å². The van der Waals surface area contributed by atoms with E-state index in [0.29, 0.717) is 23.8 Å². The topological polar surface area (TPSA) is 45.4 Å². The molecule has 160 valence electrons. The van der Waals surface area contributed by atoms with Gasteiger partial charge in [-0.1, -0.05) is 29.4 Å². The Morgan fingerprint density at radius 1 is 1.00 bits per heavy atom. The first-order valence-electron chi connectivity index (χ1n) is 9.90. The molecular formula is C21H23F3N4OS. The number of aromatic nitrogens is 2. The summed E-state index contributed by atoms with van der Waals surface area (Å²) in [5, 5.41) is 6.06. The minimum atomic E-state index is -4.36. The van der Waals surface area contributed by atoms with Crippen molar-refractivity contribution < 1.29 is 17.7 Å². The molecule has 9 heteroatoms. The molecule has 0 N–H and O–H groups in total. The van der Waals surface area contributed by atoms with E-state index in [4.69, 9.17) is 4.52 Å². The molecule has 30 heavy (non-hydrogen) atoms. The van der Waals surface area contributed by atoms with Crippen molar-refractivity contribution >= 4 is 11.3 Å². The molecule has 0 aliphatic carbocycles. The highest BCUT2D eigenvalue weighted by molar-refractivity contribution is 7.09. The predicted octanol–water partition coefficient (Wildman–Crippen LogP) is 4.45. The van der Waals surface area contributed by atoms with Crippen LogP contribution in [-0.4, -0.2) is 46.1 Å². The smallest absolute Gasteiger partial charge is 0.338 e. The molecule has 1 aromatic carbocycles. The molecule has 3 aromatic rings. The molecule has 0 saturated carbocycles. The maximum Gasteiger partial charge on any atom is 0.416 e. The summed E-state index contributed by atoms with van der Waals surface area (Å²) in [6, 6.07) is 9.48. The molecule has 0 unspecified atom stereocenters. The summed E-state index contributed by atoms with van der Waals surface area (Å²) in [6.45, 7) is 5.43. The highest BCUT2D eigenvalue weighted by Crippen LogP contribution is 2.29. The Bertz CT molecular complexity index is 942. The van der Waals surface area contributed by atoms with Gasteiger partial charge in [-0.2, -0.15) is 18.2 Å². The average Bonchev–Trinajstić information content (AvgIpc) is 3.32. The van der Waals surface area contributed by atoms with E-state index in [1.807, 2.05) is 0 Å². The number of rotatable bonds is 6. The Morgan fingerprint density at radius 3 is 2.53 bits per heavy atom. The van der Waals surface area contributed by atoms with Crippen molar-refractivity contribution in [3.8, 4) is 0 Å². The summed E-state index contributed by atoms with van der Waals surface area (Å²) < 4.78 is 44.0. The van der Waals surface area contributed by atoms with Crippen LogP contribution in [0.5, 0.6) is 0 Å². The number of nitrogens with zero attached hydrogens (tertiary/aromatic N) is 4. The van der Waals surface area contributed by atoms with Crippen LogP contribution in [0.15, 0.2) is 46.3 Å². The zero-order valence-corrected chi connectivity index (χ0v) is 17.3. The fourth-order valence-corrected chi connectivity index (χ4v) is 4.37. The van der Waals surface area contributed by atoms with E-state index in [1.54, 1.807) is 17.4 Å². The lowest BCUT2D eigenvalue weighted by molar-refractivity contribution is -0.137. The van der Waals surface area contributed by atoms with Crippen LogP contribution < -0.4 is 0 Å². The fraction of sp³-hybridized carbons (Fsp3) is 0.429. The van der Waals surface area contributed by atoms with Crippen molar-refractivity contribution in [3.63, 3.8) is 0 Å². The lowest BCUT2D eigenvalue weighted by atomic mass is 10.1. The van der Waals surface area contributed by atoms with E-state index in [9.17, 15) is 13.2 Å². The molecule has 0 bridgehead atoms. The molecule has 3 heterocycles. The van der Waals surface area contributed by atoms with Gasteiger partial charge in [0, 0.05) is 30.9 Å². The zero-order chi connectivity index (χ0) is 21.0. The van der Waals surface area contributed by atoms with Crippen molar-refractivity contribution in [1.82, 2.24) is 19.9 Å². The Hall–Kier alpha value is -2.23. The summed E-state index contributed by atoms with van der Waals surface area (Å²) in [5.41, 5.74) is -0.156. The van der Waals surface area contributed by atoms with Gasteiger partial charge >= 0.3 is 6.18 Å². The van der Waals surface area contributed by atoms with Gasteiger partial charge in [-0.25, -0.2) is 0 Å². The molecule has 1 aliphatic rings. The molecule has 2 aromatic heterocycles. The third kappa shape index (κ3) is 5.68. The second kappa shape index (κ2) is 9.28. The highest BCUT2D eigenvalue weighted by atomic mass is 32.1. The van der Waals surface area contributed by atoms with Crippen LogP contribution in [0.3, 0.4) is 0 Å². The number of halogens is 3. The maximum atomic E-state index is 12.9. The lowest BCUT2D eigenvalue weighted by Crippen LogP contribution is -2.30. The number of hydrogen-bond acceptors (Lipinski definition) is 6. The SMILES string of the molecule is FC(F)(F)c1cccc(Cc2noc(CN3CCCN(Cc4cccs4)CC3)n2)c1. The van der Waals surface area contributed by atoms with Crippen molar-refractivity contribution in [3.05, 3.63) is 69.5 Å². The monoisotopic (exact) mass is 436 g/mol. The average molecular weight is 437 g/mol. The van der Waals surface area contributed by atoms with Crippen LogP contribution >= 0.6 is 11.3 Å². The van der Waals surface area contributed by atoms with Gasteiger partial charge in [-0.05, 0) is 42.6 Å². The standard InChI is InChI=1S/C21H23F3N4OS/c22-21(23,24)17-5-1-4-16(12-17)13-19-25-20(29-26-19)15-28-8-3-7-27(9-10-28)14-18-6-2-11-30-18/h1-2,4-6,11-12H,3,7-10,13-15H2. The van der Waals surface area contributed by atoms with Crippen LogP contribution in [0.1, 0.15) is 34.1 Å². The molecule has 0 spiro atoms. The third-order valence-corrected chi connectivity index (χ3v) is 5.99. The second-order valence-electron chi connectivity index (χ2n) is 7.46. The lowest BCUT2D eigenvalue weighted by Gasteiger charge is -2.20. The third-order valence-electron chi connectivity index (χ3n) is 5.13. The van der Waals surface area contributed by atoms with Crippen LogP contribution in [0.2, 0.25) is 0 Å². The first-order valence-corrected chi connectivity index (χ1v) is 10.8. The minimum absolute atomic E-state index is 0.210. The van der Waals surface area contributed by atoms with Crippen molar-refractivity contribution in [2.75, 3.05) is 26.2 Å². The van der Waals surface area contributed by atoms with Crippen molar-refractivity contribution in [2.45, 2.75) is 32.1 Å². The molecule has 1 saturated heterocycles. The van der Waals surface area contributed by atoms with Gasteiger partial charge < -0.3 is 4.52 Å². The second-order valence-corrected chi connectivity index (χ2v) is 8.50. The quantitative estimate of drug-likeness (QED) is 0.571. The maximum absolute atomic E-state index is 12.9. The normalized spacial score (nSPS) is 16.6. The minimum Gasteiger partial charge on any atom is -0.338 e. The summed E-state index contributed by atoms with van der Waals surface area (Å²) in [6.07, 6.45) is -3.08. The van der Waals surface area contributed by atoms with E-state index in [-0.39, 0.29) is 6.42 Å². The zero-order valence-electron chi connectivity index (χ0n) is 16.4. The first-order chi connectivity index (χ1) is 14.5. The number of alkyl halides is 3. The first kappa shape index (κ1) is 21.0. The Balaban J connectivity index is 1.31. The molecule has 1 fully saturated rings. The van der Waals surface area contributed by atoms with Gasteiger partial charge in [0.15, 0.2) is 5.82 Å². The van der Waals surface area contributed by atoms with Gasteiger partial charge in [0.25, 0.3) is 0 Å². The summed E-state index contributed by atoms with van der Waals surface area (Å²) in [5.74, 6) is 0.905. The van der Waals surface area contributed by atoms with Crippen molar-refractivity contribution in [1.29, 1.82) is 0 Å². The van der Waals surface area contributed by atoms with Gasteiger partial charge in [0.1, 0.15) is 0 Å². The van der Waals surface area contributed by atoms with Gasteiger partial charge in [0.05, 0.1) is 12.1 Å². The van der Waals surface area contributed by atoms with Gasteiger partial charge in [-0.3, -0.25) is 9.80 Å². The van der Waals surface area contributed by atoms with Crippen LogP contribution in [0.4, 0.5) is 13.2 Å². The Labute approximate surface area is 177 Å². The van der Waals surface area contributed by atoms with Crippen molar-refractivity contribution in [2.24, 2.45) is 0 Å². The number of thiophene rings is 1. The van der Waals surface area contributed by atoms with Crippen LogP contribution in [0.25, 0.3) is 0 Å². The van der Waals surface area contributed by atoms with E-state index < -0.39 is 11.7 Å². The Kier molecular flexibility index (Phi) is 6.50. The number of hydrogen-bond donors (Lipinski definition) is 0.